The number of hydrogen-bond donors (Lipinski definition) is 1. The summed E-state index contributed by atoms with van der Waals surface area (Å²) in [6.45, 7) is 1.71. The molecule has 0 saturated heterocycles. The van der Waals surface area contributed by atoms with Gasteiger partial charge in [0.25, 0.3) is 0 Å². The molecule has 0 aromatic carbocycles. The number of ether oxygens (including phenoxy) is 1. The molecule has 12 heavy (non-hydrogen) atoms. The first-order chi connectivity index (χ1) is 5.77. The average molecular weight is 363 g/mol. The van der Waals surface area contributed by atoms with Crippen molar-refractivity contribution in [3.63, 3.8) is 0 Å². The van der Waals surface area contributed by atoms with Crippen LogP contribution >= 0.6 is 0 Å². The van der Waals surface area contributed by atoms with E-state index in [-0.39, 0.29) is 3.47 Å². The van der Waals surface area contributed by atoms with E-state index in [1.807, 2.05) is 0 Å². The first-order valence-corrected chi connectivity index (χ1v) is 6.54. The molecule has 0 rings (SSSR count). The van der Waals surface area contributed by atoms with E-state index in [2.05, 4.69) is 5.32 Å². The minimum atomic E-state index is 0.229. The Labute approximate surface area is 89.9 Å². The van der Waals surface area contributed by atoms with Crippen LogP contribution in [-0.4, -0.2) is 49.5 Å². The average Bonchev–Trinajstić information content (AvgIpc) is 2.02. The van der Waals surface area contributed by atoms with Crippen LogP contribution in [0.3, 0.4) is 0 Å². The van der Waals surface area contributed by atoms with Crippen molar-refractivity contribution >= 4 is 29.2 Å². The van der Waals surface area contributed by atoms with Gasteiger partial charge in [-0.3, -0.25) is 0 Å². The fraction of sp³-hybridized carbons (Fsp3) is 0.875. The van der Waals surface area contributed by atoms with Crippen LogP contribution in [0.2, 0.25) is 0 Å². The number of hydrogen-bond acceptors (Lipinski definition) is 2. The molecule has 1 N–H and O–H groups in total. The quantitative estimate of drug-likeness (QED) is 0.543. The summed E-state index contributed by atoms with van der Waals surface area (Å²) in [7, 11) is 1.73. The van der Waals surface area contributed by atoms with Crippen molar-refractivity contribution in [3.05, 3.63) is 0 Å². The van der Waals surface area contributed by atoms with Crippen LogP contribution in [0.25, 0.3) is 0 Å². The van der Waals surface area contributed by atoms with Crippen molar-refractivity contribution in [1.82, 2.24) is 5.32 Å². The van der Waals surface area contributed by atoms with Crippen molar-refractivity contribution in [2.45, 2.75) is 25.7 Å². The van der Waals surface area contributed by atoms with Gasteiger partial charge in [0, 0.05) is 0 Å². The molecule has 0 aliphatic carbocycles. The molecule has 0 heterocycles. The molecule has 0 aliphatic heterocycles. The SMILES string of the molecule is COCCCCCCN[C](=O)[Tl]. The first-order valence-electron chi connectivity index (χ1n) is 4.29. The third-order valence-corrected chi connectivity index (χ3v) is 2.37. The van der Waals surface area contributed by atoms with E-state index < -0.39 is 0 Å². The van der Waals surface area contributed by atoms with Gasteiger partial charge in [0.2, 0.25) is 0 Å². The molecule has 4 heteroatoms. The van der Waals surface area contributed by atoms with Crippen LogP contribution in [0.5, 0.6) is 0 Å². The van der Waals surface area contributed by atoms with Gasteiger partial charge in [0.1, 0.15) is 0 Å². The third kappa shape index (κ3) is 10.4. The first kappa shape index (κ1) is 12.4. The molecule has 0 aliphatic rings. The van der Waals surface area contributed by atoms with Gasteiger partial charge >= 0.3 is 90.0 Å². The van der Waals surface area contributed by atoms with Crippen LogP contribution in [-0.2, 0) is 4.74 Å². The van der Waals surface area contributed by atoms with Gasteiger partial charge in [-0.05, 0) is 0 Å². The van der Waals surface area contributed by atoms with E-state index in [1.54, 1.807) is 7.11 Å². The normalized spacial score (nSPS) is 9.67. The number of carbonyl (C=O) groups excluding carboxylic acids is 1. The molecule has 0 radical (unpaired) electrons. The maximum atomic E-state index is 10.5. The molecular formula is C8H16NO2Tl. The molecule has 0 bridgehead atoms. The molecule has 0 fully saturated rings. The van der Waals surface area contributed by atoms with E-state index in [0.29, 0.717) is 25.8 Å². The molecule has 0 spiro atoms. The molecular weight excluding hydrogens is 346 g/mol. The molecule has 0 aromatic rings. The van der Waals surface area contributed by atoms with E-state index in [0.717, 1.165) is 26.0 Å². The fourth-order valence-electron chi connectivity index (χ4n) is 0.937. The predicted molar refractivity (Wildman–Crippen MR) is 49.5 cm³/mol. The number of methoxy groups -OCH3 is 1. The Hall–Kier alpha value is 0.352. The van der Waals surface area contributed by atoms with E-state index in [9.17, 15) is 4.79 Å². The summed E-state index contributed by atoms with van der Waals surface area (Å²) in [4.78, 5) is 10.5. The second-order valence-electron chi connectivity index (χ2n) is 2.70. The summed E-state index contributed by atoms with van der Waals surface area (Å²) in [5.41, 5.74) is 0. The second kappa shape index (κ2) is 9.44. The summed E-state index contributed by atoms with van der Waals surface area (Å²) < 4.78 is 5.15. The van der Waals surface area contributed by atoms with Gasteiger partial charge in [0.05, 0.1) is 0 Å². The molecule has 3 nitrogen and oxygen atoms in total. The predicted octanol–water partition coefficient (Wildman–Crippen LogP) is 1.07. The number of nitrogens with one attached hydrogen (secondary N) is 1. The Bertz CT molecular complexity index is 120. The number of carbonyl (C=O) groups is 1. The maximum absolute atomic E-state index is 10.5. The Morgan fingerprint density at radius 2 is 2.00 bits per heavy atom. The Balaban J connectivity index is 2.86. The molecule has 0 unspecified atom stereocenters. The monoisotopic (exact) mass is 363 g/mol. The van der Waals surface area contributed by atoms with Crippen LogP contribution < -0.4 is 5.32 Å². The van der Waals surface area contributed by atoms with Crippen molar-refractivity contribution in [1.29, 1.82) is 0 Å². The summed E-state index contributed by atoms with van der Waals surface area (Å²) >= 11 is 0.434. The zero-order chi connectivity index (χ0) is 9.23. The Morgan fingerprint density at radius 1 is 1.33 bits per heavy atom. The van der Waals surface area contributed by atoms with Crippen LogP contribution in [0, 0.1) is 0 Å². The standard InChI is InChI=1S/C8H16NO2.Tl/c1-11-7-5-3-2-4-6-9-8-10;/h2-7H2,1H3,(H,9,10);. The number of amides is 1. The topological polar surface area (TPSA) is 38.3 Å². The molecule has 0 aromatic heterocycles. The van der Waals surface area contributed by atoms with Crippen LogP contribution in [0.15, 0.2) is 0 Å². The van der Waals surface area contributed by atoms with Crippen molar-refractivity contribution in [2.75, 3.05) is 20.3 Å². The number of rotatable bonds is 7. The van der Waals surface area contributed by atoms with Gasteiger partial charge in [0.15, 0.2) is 0 Å². The summed E-state index contributed by atoms with van der Waals surface area (Å²) in [6.07, 6.45) is 4.62. The molecule has 0 atom stereocenters. The van der Waals surface area contributed by atoms with Gasteiger partial charge in [-0.1, -0.05) is 0 Å². The minimum absolute atomic E-state index is 0.229. The summed E-state index contributed by atoms with van der Waals surface area (Å²) in [5, 5.41) is 2.84. The van der Waals surface area contributed by atoms with E-state index >= 15 is 0 Å². The van der Waals surface area contributed by atoms with Crippen LogP contribution in [0.4, 0.5) is 4.79 Å². The second-order valence-corrected chi connectivity index (χ2v) is 4.74. The molecule has 68 valence electrons. The van der Waals surface area contributed by atoms with Gasteiger partial charge in [-0.25, -0.2) is 0 Å². The van der Waals surface area contributed by atoms with Gasteiger partial charge < -0.3 is 0 Å². The Kier molecular flexibility index (Phi) is 9.72. The summed E-state index contributed by atoms with van der Waals surface area (Å²) in [5.74, 6) is 0. The van der Waals surface area contributed by atoms with Crippen LogP contribution in [0.1, 0.15) is 25.7 Å². The van der Waals surface area contributed by atoms with E-state index in [4.69, 9.17) is 4.74 Å². The Morgan fingerprint density at radius 3 is 2.58 bits per heavy atom. The molecule has 1 amide bonds. The van der Waals surface area contributed by atoms with Gasteiger partial charge in [-0.15, -0.1) is 0 Å². The zero-order valence-electron chi connectivity index (χ0n) is 7.64. The van der Waals surface area contributed by atoms with Gasteiger partial charge in [-0.2, -0.15) is 0 Å². The summed E-state index contributed by atoms with van der Waals surface area (Å²) in [6, 6.07) is 0. The molecule has 0 saturated carbocycles. The van der Waals surface area contributed by atoms with E-state index in [1.165, 1.54) is 12.8 Å². The van der Waals surface area contributed by atoms with Crippen molar-refractivity contribution in [2.24, 2.45) is 0 Å². The van der Waals surface area contributed by atoms with Crippen molar-refractivity contribution < 1.29 is 9.53 Å². The fourth-order valence-corrected chi connectivity index (χ4v) is 1.50. The van der Waals surface area contributed by atoms with Crippen molar-refractivity contribution in [3.8, 4) is 0 Å². The zero-order valence-corrected chi connectivity index (χ0v) is 12.1. The third-order valence-electron chi connectivity index (χ3n) is 1.57. The number of unbranched alkanes of at least 4 members (excludes halogenated alkanes) is 3.